The first-order valence-electron chi connectivity index (χ1n) is 11.6. The van der Waals surface area contributed by atoms with Crippen molar-refractivity contribution in [1.29, 1.82) is 0 Å². The van der Waals surface area contributed by atoms with Crippen molar-refractivity contribution in [3.8, 4) is 0 Å². The van der Waals surface area contributed by atoms with E-state index in [1.807, 2.05) is 6.92 Å². The molecule has 4 aliphatic rings. The Morgan fingerprint density at radius 2 is 1.96 bits per heavy atom. The highest BCUT2D eigenvalue weighted by molar-refractivity contribution is 5.88. The van der Waals surface area contributed by atoms with Crippen molar-refractivity contribution in [2.45, 2.75) is 97.5 Å². The maximum absolute atomic E-state index is 11.2. The fourth-order valence-corrected chi connectivity index (χ4v) is 7.91. The van der Waals surface area contributed by atoms with Gasteiger partial charge in [0, 0.05) is 12.8 Å². The molecule has 3 fully saturated rings. The molecule has 0 aromatic carbocycles. The van der Waals surface area contributed by atoms with Crippen LogP contribution in [-0.4, -0.2) is 21.2 Å². The molecule has 0 saturated heterocycles. The highest BCUT2D eigenvalue weighted by Gasteiger charge is 2.58. The van der Waals surface area contributed by atoms with E-state index in [0.717, 1.165) is 30.6 Å². The molecule has 0 aromatic heterocycles. The van der Waals surface area contributed by atoms with Gasteiger partial charge in [-0.15, -0.1) is 0 Å². The zero-order valence-corrected chi connectivity index (χ0v) is 18.3. The van der Waals surface area contributed by atoms with Crippen molar-refractivity contribution in [2.75, 3.05) is 0 Å². The number of hydrogen-bond acceptors (Lipinski definition) is 1. The predicted molar refractivity (Wildman–Crippen MR) is 114 cm³/mol. The van der Waals surface area contributed by atoms with Crippen molar-refractivity contribution in [3.05, 3.63) is 28.8 Å². The molecule has 3 nitrogen and oxygen atoms in total. The zero-order valence-electron chi connectivity index (χ0n) is 18.3. The van der Waals surface area contributed by atoms with Gasteiger partial charge in [0.1, 0.15) is 0 Å². The van der Waals surface area contributed by atoms with E-state index in [4.69, 9.17) is 0 Å². The van der Waals surface area contributed by atoms with Crippen LogP contribution < -0.4 is 0 Å². The third-order valence-electron chi connectivity index (χ3n) is 9.59. The summed E-state index contributed by atoms with van der Waals surface area (Å²) in [6.07, 6.45) is 15.7. The van der Waals surface area contributed by atoms with Crippen LogP contribution in [0.1, 0.15) is 91.9 Å². The maximum Gasteiger partial charge on any atom is 0.300 e. The van der Waals surface area contributed by atoms with Crippen LogP contribution >= 0.6 is 0 Å². The average Bonchev–Trinajstić information content (AvgIpc) is 2.68. The summed E-state index contributed by atoms with van der Waals surface area (Å²) in [6.45, 7) is 9.23. The van der Waals surface area contributed by atoms with Gasteiger partial charge in [0.05, 0.1) is 0 Å². The van der Waals surface area contributed by atoms with E-state index in [1.54, 1.807) is 5.57 Å². The van der Waals surface area contributed by atoms with Crippen LogP contribution in [-0.2, 0) is 0 Å². The van der Waals surface area contributed by atoms with Gasteiger partial charge in [0.2, 0.25) is 0 Å². The molecule has 3 saturated carbocycles. The number of fused-ring (bicyclic) bond motifs is 5. The summed E-state index contributed by atoms with van der Waals surface area (Å²) in [5, 5.41) is 11.2. The number of rotatable bonds is 2. The third-order valence-corrected chi connectivity index (χ3v) is 9.59. The summed E-state index contributed by atoms with van der Waals surface area (Å²) in [6, 6.07) is 0. The molecule has 3 heteroatoms. The number of hydrogen-bond donors (Lipinski definition) is 1. The van der Waals surface area contributed by atoms with Crippen molar-refractivity contribution >= 4 is 5.71 Å². The van der Waals surface area contributed by atoms with Gasteiger partial charge in [-0.3, -0.25) is 0 Å². The van der Waals surface area contributed by atoms with E-state index in [-0.39, 0.29) is 5.41 Å². The molecule has 0 spiro atoms. The second-order valence-electron chi connectivity index (χ2n) is 10.5. The molecule has 4 aliphatic carbocycles. The lowest BCUT2D eigenvalue weighted by molar-refractivity contribution is -0.0750. The van der Waals surface area contributed by atoms with E-state index < -0.39 is 5.60 Å². The van der Waals surface area contributed by atoms with Crippen LogP contribution in [0.15, 0.2) is 23.3 Å². The minimum absolute atomic E-state index is 0.207. The van der Waals surface area contributed by atoms with Crippen LogP contribution in [0.2, 0.25) is 0 Å². The Kier molecular flexibility index (Phi) is 5.00. The third kappa shape index (κ3) is 2.73. The summed E-state index contributed by atoms with van der Waals surface area (Å²) in [5.74, 6) is 2.33. The first-order valence-corrected chi connectivity index (χ1v) is 11.6. The Bertz CT molecular complexity index is 761. The monoisotopic (exact) mass is 382 g/mol. The molecule has 0 heterocycles. The Morgan fingerprint density at radius 3 is 2.64 bits per heavy atom. The normalized spacial score (nSPS) is 46.7. The van der Waals surface area contributed by atoms with Crippen molar-refractivity contribution < 1.29 is 9.90 Å². The van der Waals surface area contributed by atoms with Crippen LogP contribution in [0.4, 0.5) is 0 Å². The first-order chi connectivity index (χ1) is 13.3. The smallest absolute Gasteiger partial charge is 0.300 e. The van der Waals surface area contributed by atoms with Gasteiger partial charge in [-0.05, 0) is 86.9 Å². The molecule has 6 atom stereocenters. The molecule has 154 valence electrons. The lowest BCUT2D eigenvalue weighted by atomic mass is 9.44. The van der Waals surface area contributed by atoms with Gasteiger partial charge < -0.3 is 10.6 Å². The lowest BCUT2D eigenvalue weighted by Gasteiger charge is -2.61. The Hall–Kier alpha value is -1.18. The molecule has 0 bridgehead atoms. The molecule has 0 amide bonds. The minimum Gasteiger partial charge on any atom is -0.378 e. The second kappa shape index (κ2) is 6.96. The Labute approximate surface area is 170 Å². The van der Waals surface area contributed by atoms with Crippen LogP contribution in [0.3, 0.4) is 0 Å². The number of allylic oxidation sites excluding steroid dienone is 3. The Morgan fingerprint density at radius 1 is 1.21 bits per heavy atom. The molecule has 0 aromatic rings. The number of nitrogens with zero attached hydrogens (tertiary/aromatic N) is 2. The van der Waals surface area contributed by atoms with E-state index in [1.165, 1.54) is 44.1 Å². The topological polar surface area (TPSA) is 56.6 Å². The molecular formula is C25H38N2O. The fraction of sp³-hybridized carbons (Fsp3) is 0.800. The van der Waals surface area contributed by atoms with Crippen LogP contribution in [0, 0.1) is 28.6 Å². The summed E-state index contributed by atoms with van der Waals surface area (Å²) >= 11 is 0. The molecule has 28 heavy (non-hydrogen) atoms. The summed E-state index contributed by atoms with van der Waals surface area (Å²) in [7, 11) is 0. The van der Waals surface area contributed by atoms with Crippen molar-refractivity contribution in [2.24, 2.45) is 28.6 Å². The molecule has 4 rings (SSSR count). The van der Waals surface area contributed by atoms with Crippen molar-refractivity contribution in [1.82, 2.24) is 0 Å². The quantitative estimate of drug-likeness (QED) is 0.267. The minimum atomic E-state index is -0.951. The highest BCUT2D eigenvalue weighted by atomic mass is 16.3. The van der Waals surface area contributed by atoms with Gasteiger partial charge in [0.15, 0.2) is 5.60 Å². The first kappa shape index (κ1) is 20.1. The van der Waals surface area contributed by atoms with Crippen LogP contribution in [0.25, 0.3) is 5.53 Å². The Balaban J connectivity index is 1.66. The summed E-state index contributed by atoms with van der Waals surface area (Å²) < 4.78 is 0. The van der Waals surface area contributed by atoms with Crippen molar-refractivity contribution in [3.63, 3.8) is 0 Å². The molecular weight excluding hydrogens is 344 g/mol. The maximum atomic E-state index is 11.2. The standard InChI is InChI=1S/C25H38N2O/c1-5-17-8-7-9-20-19-11-10-18-16-25(28,22(6-2)27-26)15-14-24(18,4)21(19)12-13-23(17,20)3/h5,10,19-21,28H,6-9,11-16H2,1-4H3/b17-5-/t19-,20-,21-,23+,24-,25?/m0/s1. The zero-order chi connectivity index (χ0) is 20.2. The molecule has 1 N–H and O–H groups in total. The van der Waals surface area contributed by atoms with Gasteiger partial charge in [0.25, 0.3) is 5.71 Å². The van der Waals surface area contributed by atoms with E-state index in [9.17, 15) is 10.6 Å². The highest BCUT2D eigenvalue weighted by Crippen LogP contribution is 2.65. The summed E-state index contributed by atoms with van der Waals surface area (Å²) in [5.41, 5.74) is 12.8. The SMILES string of the molecule is C/C=C1/CCC[C@H]2[C@@H]3CC=C4CC(O)(C(CC)=[N+]=[N-])CC[C@]4(C)[C@H]3CC[C@]12C. The summed E-state index contributed by atoms with van der Waals surface area (Å²) in [4.78, 5) is 3.46. The van der Waals surface area contributed by atoms with E-state index in [0.29, 0.717) is 24.0 Å². The number of aliphatic hydroxyl groups is 1. The second-order valence-corrected chi connectivity index (χ2v) is 10.5. The van der Waals surface area contributed by atoms with Gasteiger partial charge >= 0.3 is 0 Å². The van der Waals surface area contributed by atoms with E-state index >= 15 is 0 Å². The molecule has 1 unspecified atom stereocenters. The van der Waals surface area contributed by atoms with Crippen LogP contribution in [0.5, 0.6) is 0 Å². The fourth-order valence-electron chi connectivity index (χ4n) is 7.91. The molecule has 0 aliphatic heterocycles. The van der Waals surface area contributed by atoms with Gasteiger partial charge in [-0.1, -0.05) is 44.1 Å². The van der Waals surface area contributed by atoms with Gasteiger partial charge in [-0.2, -0.15) is 4.79 Å². The largest absolute Gasteiger partial charge is 0.378 e. The predicted octanol–water partition coefficient (Wildman–Crippen LogP) is 6.10. The molecule has 0 radical (unpaired) electrons. The average molecular weight is 383 g/mol. The van der Waals surface area contributed by atoms with Gasteiger partial charge in [-0.25, -0.2) is 0 Å². The van der Waals surface area contributed by atoms with E-state index in [2.05, 4.69) is 37.7 Å². The lowest BCUT2D eigenvalue weighted by Crippen LogP contribution is -2.54.